The topological polar surface area (TPSA) is 76.8 Å². The van der Waals surface area contributed by atoms with Crippen LogP contribution in [0, 0.1) is 0 Å². The highest BCUT2D eigenvalue weighted by Crippen LogP contribution is 2.32. The number of carbonyl (C=O) groups excluding carboxylic acids is 2. The van der Waals surface area contributed by atoms with E-state index in [2.05, 4.69) is 0 Å². The van der Waals surface area contributed by atoms with Gasteiger partial charge in [0.15, 0.2) is 11.5 Å². The van der Waals surface area contributed by atoms with E-state index in [0.717, 1.165) is 23.7 Å². The summed E-state index contributed by atoms with van der Waals surface area (Å²) < 4.78 is 10.8. The van der Waals surface area contributed by atoms with E-state index < -0.39 is 17.5 Å². The molecule has 1 aliphatic rings. The fourth-order valence-corrected chi connectivity index (χ4v) is 3.77. The number of amides is 1. The Morgan fingerprint density at radius 2 is 1.97 bits per heavy atom. The molecule has 0 aliphatic carbocycles. The van der Waals surface area contributed by atoms with Crippen molar-refractivity contribution < 1.29 is 18.7 Å². The van der Waals surface area contributed by atoms with E-state index >= 15 is 0 Å². The van der Waals surface area contributed by atoms with E-state index in [-0.39, 0.29) is 28.7 Å². The van der Waals surface area contributed by atoms with Gasteiger partial charge in [-0.25, -0.2) is 4.79 Å². The van der Waals surface area contributed by atoms with Crippen molar-refractivity contribution >= 4 is 40.1 Å². The molecule has 0 N–H and O–H groups in total. The Morgan fingerprint density at radius 3 is 2.76 bits per heavy atom. The predicted octanol–water partition coefficient (Wildman–Crippen LogP) is 3.97. The van der Waals surface area contributed by atoms with Crippen LogP contribution in [-0.4, -0.2) is 24.0 Å². The van der Waals surface area contributed by atoms with Crippen molar-refractivity contribution in [3.63, 3.8) is 0 Å². The van der Waals surface area contributed by atoms with Crippen LogP contribution in [0.3, 0.4) is 0 Å². The van der Waals surface area contributed by atoms with Gasteiger partial charge in [-0.15, -0.1) is 0 Å². The summed E-state index contributed by atoms with van der Waals surface area (Å²) in [6, 6.07) is 13.2. The van der Waals surface area contributed by atoms with Crippen LogP contribution in [0.1, 0.15) is 30.0 Å². The van der Waals surface area contributed by atoms with Gasteiger partial charge in [0.25, 0.3) is 5.91 Å². The molecular formula is C22H18ClNO5. The first-order valence-corrected chi connectivity index (χ1v) is 9.58. The monoisotopic (exact) mass is 411 g/mol. The van der Waals surface area contributed by atoms with Gasteiger partial charge in [0.2, 0.25) is 5.76 Å². The Balaban J connectivity index is 1.56. The smallest absolute Gasteiger partial charge is 0.375 e. The number of anilines is 1. The van der Waals surface area contributed by atoms with Crippen LogP contribution >= 0.6 is 11.6 Å². The van der Waals surface area contributed by atoms with Gasteiger partial charge in [-0.2, -0.15) is 0 Å². The van der Waals surface area contributed by atoms with Crippen molar-refractivity contribution in [1.29, 1.82) is 0 Å². The SMILES string of the molecule is C[C@H](OC(=O)c1cc(=O)c2cc(Cl)ccc2o1)C(=O)N1c2ccccc2C[C@H]1C. The molecule has 2 atom stereocenters. The lowest BCUT2D eigenvalue weighted by molar-refractivity contribution is -0.126. The summed E-state index contributed by atoms with van der Waals surface area (Å²) in [4.78, 5) is 39.4. The maximum atomic E-state index is 12.9. The number of nitrogens with zero attached hydrogens (tertiary/aromatic N) is 1. The van der Waals surface area contributed by atoms with Crippen LogP contribution < -0.4 is 10.3 Å². The van der Waals surface area contributed by atoms with E-state index in [9.17, 15) is 14.4 Å². The third kappa shape index (κ3) is 3.51. The molecule has 0 saturated carbocycles. The molecule has 1 aromatic heterocycles. The Hall–Kier alpha value is -3.12. The molecule has 1 aliphatic heterocycles. The summed E-state index contributed by atoms with van der Waals surface area (Å²) >= 11 is 5.89. The quantitative estimate of drug-likeness (QED) is 0.609. The molecule has 6 nitrogen and oxygen atoms in total. The molecule has 7 heteroatoms. The fraction of sp³-hybridized carbons (Fsp3) is 0.227. The molecule has 29 heavy (non-hydrogen) atoms. The summed E-state index contributed by atoms with van der Waals surface area (Å²) in [5.74, 6) is -1.47. The van der Waals surface area contributed by atoms with Gasteiger partial charge in [-0.1, -0.05) is 29.8 Å². The van der Waals surface area contributed by atoms with Gasteiger partial charge in [-0.3, -0.25) is 9.59 Å². The second-order valence-corrected chi connectivity index (χ2v) is 7.49. The largest absolute Gasteiger partial charge is 0.449 e. The molecule has 2 aromatic carbocycles. The number of esters is 1. The first-order valence-electron chi connectivity index (χ1n) is 9.20. The van der Waals surface area contributed by atoms with Crippen LogP contribution in [0.5, 0.6) is 0 Å². The molecule has 148 valence electrons. The second kappa shape index (κ2) is 7.37. The molecule has 0 saturated heterocycles. The third-order valence-corrected chi connectivity index (χ3v) is 5.20. The molecule has 3 aromatic rings. The number of rotatable bonds is 3. The standard InChI is InChI=1S/C22H18ClNO5/c1-12-9-14-5-3-4-6-17(14)24(12)21(26)13(2)28-22(27)20-11-18(25)16-10-15(23)7-8-19(16)29-20/h3-8,10-13H,9H2,1-2H3/t12-,13+/m1/s1. The third-order valence-electron chi connectivity index (χ3n) is 4.97. The number of ether oxygens (including phenoxy) is 1. The van der Waals surface area contributed by atoms with Crippen LogP contribution in [0.25, 0.3) is 11.0 Å². The second-order valence-electron chi connectivity index (χ2n) is 7.05. The molecule has 0 fully saturated rings. The molecule has 0 unspecified atom stereocenters. The minimum Gasteiger partial charge on any atom is -0.449 e. The van der Waals surface area contributed by atoms with Crippen molar-refractivity contribution in [3.05, 3.63) is 75.1 Å². The van der Waals surface area contributed by atoms with Crippen LogP contribution in [-0.2, 0) is 16.0 Å². The highest BCUT2D eigenvalue weighted by Gasteiger charge is 2.34. The van der Waals surface area contributed by atoms with E-state index in [4.69, 9.17) is 20.8 Å². The predicted molar refractivity (Wildman–Crippen MR) is 109 cm³/mol. The zero-order chi connectivity index (χ0) is 20.7. The van der Waals surface area contributed by atoms with E-state index in [1.54, 1.807) is 11.0 Å². The average molecular weight is 412 g/mol. The highest BCUT2D eigenvalue weighted by molar-refractivity contribution is 6.31. The first-order chi connectivity index (χ1) is 13.8. The summed E-state index contributed by atoms with van der Waals surface area (Å²) in [5.41, 5.74) is 1.70. The van der Waals surface area contributed by atoms with Gasteiger partial charge >= 0.3 is 5.97 Å². The summed E-state index contributed by atoms with van der Waals surface area (Å²) in [5, 5.41) is 0.653. The summed E-state index contributed by atoms with van der Waals surface area (Å²) in [6.07, 6.45) is -0.299. The molecular weight excluding hydrogens is 394 g/mol. The fourth-order valence-electron chi connectivity index (χ4n) is 3.60. The number of hydrogen-bond donors (Lipinski definition) is 0. The summed E-state index contributed by atoms with van der Waals surface area (Å²) in [7, 11) is 0. The van der Waals surface area contributed by atoms with Gasteiger partial charge in [0.1, 0.15) is 5.58 Å². The number of hydrogen-bond acceptors (Lipinski definition) is 5. The average Bonchev–Trinajstić information content (AvgIpc) is 3.03. The van der Waals surface area contributed by atoms with Gasteiger partial charge in [-0.05, 0) is 50.1 Å². The molecule has 0 radical (unpaired) electrons. The maximum Gasteiger partial charge on any atom is 0.375 e. The first kappa shape index (κ1) is 19.2. The molecule has 0 bridgehead atoms. The summed E-state index contributed by atoms with van der Waals surface area (Å²) in [6.45, 7) is 3.45. The number of fused-ring (bicyclic) bond motifs is 2. The zero-order valence-electron chi connectivity index (χ0n) is 15.8. The van der Waals surface area contributed by atoms with Crippen molar-refractivity contribution in [2.45, 2.75) is 32.4 Å². The van der Waals surface area contributed by atoms with Crippen LogP contribution in [0.2, 0.25) is 5.02 Å². The Kier molecular flexibility index (Phi) is 4.88. The molecule has 1 amide bonds. The lowest BCUT2D eigenvalue weighted by Crippen LogP contribution is -2.43. The minimum absolute atomic E-state index is 0.0376. The van der Waals surface area contributed by atoms with Crippen LogP contribution in [0.4, 0.5) is 5.69 Å². The number of para-hydroxylation sites is 1. The number of carbonyl (C=O) groups is 2. The van der Waals surface area contributed by atoms with Crippen molar-refractivity contribution in [3.8, 4) is 0 Å². The van der Waals surface area contributed by atoms with Crippen molar-refractivity contribution in [2.24, 2.45) is 0 Å². The molecule has 4 rings (SSSR count). The normalized spacial score (nSPS) is 16.5. The van der Waals surface area contributed by atoms with Crippen LogP contribution in [0.15, 0.2) is 57.7 Å². The van der Waals surface area contributed by atoms with E-state index in [1.807, 2.05) is 31.2 Å². The van der Waals surface area contributed by atoms with E-state index in [1.165, 1.54) is 19.1 Å². The molecule has 2 heterocycles. The highest BCUT2D eigenvalue weighted by atomic mass is 35.5. The van der Waals surface area contributed by atoms with Gasteiger partial charge < -0.3 is 14.1 Å². The van der Waals surface area contributed by atoms with Crippen molar-refractivity contribution in [2.75, 3.05) is 4.90 Å². The lowest BCUT2D eigenvalue weighted by atomic mass is 10.1. The van der Waals surface area contributed by atoms with E-state index in [0.29, 0.717) is 5.02 Å². The number of halogens is 1. The van der Waals surface area contributed by atoms with Crippen molar-refractivity contribution in [1.82, 2.24) is 0 Å². The Morgan fingerprint density at radius 1 is 1.21 bits per heavy atom. The Labute approximate surface area is 171 Å². The number of benzene rings is 2. The minimum atomic E-state index is -1.04. The zero-order valence-corrected chi connectivity index (χ0v) is 16.6. The van der Waals surface area contributed by atoms with Gasteiger partial charge in [0.05, 0.1) is 5.39 Å². The maximum absolute atomic E-state index is 12.9. The van der Waals surface area contributed by atoms with Gasteiger partial charge in [0, 0.05) is 22.8 Å². The Bertz CT molecular complexity index is 1190. The molecule has 0 spiro atoms. The lowest BCUT2D eigenvalue weighted by Gasteiger charge is -2.25.